The summed E-state index contributed by atoms with van der Waals surface area (Å²) in [4.78, 5) is 27.7. The molecule has 2 aromatic heterocycles. The first-order chi connectivity index (χ1) is 11.6. The van der Waals surface area contributed by atoms with Crippen molar-refractivity contribution >= 4 is 23.5 Å². The highest BCUT2D eigenvalue weighted by atomic mass is 32.2. The van der Waals surface area contributed by atoms with E-state index < -0.39 is 11.2 Å². The predicted molar refractivity (Wildman–Crippen MR) is 94.1 cm³/mol. The first-order valence-electron chi connectivity index (χ1n) is 7.85. The SMILES string of the molecule is COC(=O)c1c(C)[nH]c(C(=O)[C@H](C)Sc2nnnn2C(C)(C)C)c1C. The third-order valence-electron chi connectivity index (χ3n) is 3.80. The number of thioether (sulfide) groups is 1. The average Bonchev–Trinajstić information content (AvgIpc) is 3.10. The minimum absolute atomic E-state index is 0.121. The molecule has 0 aliphatic rings. The van der Waals surface area contributed by atoms with Crippen LogP contribution in [0.1, 0.15) is 59.8 Å². The number of Topliss-reactive ketones (excluding diaryl/α,β-unsaturated/α-hetero) is 1. The maximum Gasteiger partial charge on any atom is 0.339 e. The van der Waals surface area contributed by atoms with Crippen LogP contribution in [0.3, 0.4) is 0 Å². The molecule has 1 N–H and O–H groups in total. The Kier molecular flexibility index (Phi) is 5.36. The third-order valence-corrected chi connectivity index (χ3v) is 4.83. The molecule has 1 atom stereocenters. The Balaban J connectivity index is 2.27. The molecule has 9 heteroatoms. The average molecular weight is 365 g/mol. The summed E-state index contributed by atoms with van der Waals surface area (Å²) in [5.74, 6) is -0.577. The zero-order valence-electron chi connectivity index (χ0n) is 15.5. The maximum atomic E-state index is 12.8. The van der Waals surface area contributed by atoms with Crippen molar-refractivity contribution < 1.29 is 14.3 Å². The summed E-state index contributed by atoms with van der Waals surface area (Å²) in [6.07, 6.45) is 0. The van der Waals surface area contributed by atoms with Crippen molar-refractivity contribution in [2.45, 2.75) is 57.5 Å². The molecular formula is C16H23N5O3S. The second-order valence-electron chi connectivity index (χ2n) is 6.78. The maximum absolute atomic E-state index is 12.8. The van der Waals surface area contributed by atoms with Gasteiger partial charge in [0, 0.05) is 5.69 Å². The van der Waals surface area contributed by atoms with Gasteiger partial charge in [-0.3, -0.25) is 4.79 Å². The molecule has 8 nitrogen and oxygen atoms in total. The van der Waals surface area contributed by atoms with Crippen molar-refractivity contribution in [3.05, 3.63) is 22.5 Å². The molecule has 0 saturated heterocycles. The van der Waals surface area contributed by atoms with Gasteiger partial charge in [-0.2, -0.15) is 0 Å². The number of carbonyl (C=O) groups excluding carboxylic acids is 2. The van der Waals surface area contributed by atoms with E-state index in [9.17, 15) is 9.59 Å². The van der Waals surface area contributed by atoms with Crippen molar-refractivity contribution in [1.82, 2.24) is 25.2 Å². The number of rotatable bonds is 5. The number of nitrogens with one attached hydrogen (secondary N) is 1. The molecule has 136 valence electrons. The number of H-pyrrole nitrogens is 1. The van der Waals surface area contributed by atoms with E-state index in [0.29, 0.717) is 27.7 Å². The van der Waals surface area contributed by atoms with Gasteiger partial charge in [0.2, 0.25) is 5.16 Å². The van der Waals surface area contributed by atoms with Gasteiger partial charge in [-0.25, -0.2) is 9.48 Å². The number of nitrogens with zero attached hydrogens (tertiary/aromatic N) is 4. The highest BCUT2D eigenvalue weighted by Crippen LogP contribution is 2.28. The number of hydrogen-bond donors (Lipinski definition) is 1. The first kappa shape index (κ1) is 19.2. The summed E-state index contributed by atoms with van der Waals surface area (Å²) in [6, 6.07) is 0. The van der Waals surface area contributed by atoms with Crippen molar-refractivity contribution in [2.75, 3.05) is 7.11 Å². The Bertz CT molecular complexity index is 803. The van der Waals surface area contributed by atoms with E-state index in [4.69, 9.17) is 4.74 Å². The van der Waals surface area contributed by atoms with Crippen molar-refractivity contribution in [3.63, 3.8) is 0 Å². The quantitative estimate of drug-likeness (QED) is 0.493. The Morgan fingerprint density at radius 1 is 1.28 bits per heavy atom. The Morgan fingerprint density at radius 2 is 1.92 bits per heavy atom. The topological polar surface area (TPSA) is 103 Å². The molecule has 25 heavy (non-hydrogen) atoms. The molecular weight excluding hydrogens is 342 g/mol. The van der Waals surface area contributed by atoms with Crippen molar-refractivity contribution in [1.29, 1.82) is 0 Å². The molecule has 0 unspecified atom stereocenters. The van der Waals surface area contributed by atoms with Gasteiger partial charge >= 0.3 is 5.97 Å². The number of methoxy groups -OCH3 is 1. The van der Waals surface area contributed by atoms with Crippen LogP contribution < -0.4 is 0 Å². The van der Waals surface area contributed by atoms with E-state index in [0.717, 1.165) is 0 Å². The fourth-order valence-corrected chi connectivity index (χ4v) is 3.53. The van der Waals surface area contributed by atoms with Gasteiger partial charge in [0.25, 0.3) is 0 Å². The fraction of sp³-hybridized carbons (Fsp3) is 0.562. The lowest BCUT2D eigenvalue weighted by molar-refractivity contribution is 0.0599. The van der Waals surface area contributed by atoms with Crippen LogP contribution in [-0.4, -0.2) is 49.3 Å². The smallest absolute Gasteiger partial charge is 0.339 e. The van der Waals surface area contributed by atoms with Gasteiger partial charge in [0.15, 0.2) is 5.78 Å². The monoisotopic (exact) mass is 365 g/mol. The van der Waals surface area contributed by atoms with Gasteiger partial charge in [0.1, 0.15) is 0 Å². The zero-order valence-corrected chi connectivity index (χ0v) is 16.3. The minimum Gasteiger partial charge on any atom is -0.465 e. The van der Waals surface area contributed by atoms with E-state index in [1.54, 1.807) is 25.5 Å². The second kappa shape index (κ2) is 6.99. The largest absolute Gasteiger partial charge is 0.465 e. The molecule has 0 spiro atoms. The molecule has 0 amide bonds. The molecule has 0 fully saturated rings. The van der Waals surface area contributed by atoms with Crippen LogP contribution in [0.2, 0.25) is 0 Å². The predicted octanol–water partition coefficient (Wildman–Crippen LogP) is 2.52. The molecule has 0 radical (unpaired) electrons. The van der Waals surface area contributed by atoms with Crippen LogP contribution in [0.4, 0.5) is 0 Å². The molecule has 0 bridgehead atoms. The summed E-state index contributed by atoms with van der Waals surface area (Å²) in [6.45, 7) is 11.2. The lowest BCUT2D eigenvalue weighted by Crippen LogP contribution is -2.25. The highest BCUT2D eigenvalue weighted by molar-refractivity contribution is 8.00. The summed E-state index contributed by atoms with van der Waals surface area (Å²) in [7, 11) is 1.32. The lowest BCUT2D eigenvalue weighted by Gasteiger charge is -2.20. The number of ketones is 1. The standard InChI is InChI=1S/C16H23N5O3S/c1-8-11(14(23)24-7)9(2)17-12(8)13(22)10(3)25-15-18-19-20-21(15)16(4,5)6/h10,17H,1-7H3/t10-/m0/s1. The van der Waals surface area contributed by atoms with E-state index in [1.165, 1.54) is 18.9 Å². The number of hydrogen-bond acceptors (Lipinski definition) is 7. The summed E-state index contributed by atoms with van der Waals surface area (Å²) >= 11 is 1.29. The second-order valence-corrected chi connectivity index (χ2v) is 8.09. The van der Waals surface area contributed by atoms with Gasteiger partial charge in [-0.1, -0.05) is 11.8 Å². The van der Waals surface area contributed by atoms with Gasteiger partial charge in [-0.15, -0.1) is 5.10 Å². The van der Waals surface area contributed by atoms with Gasteiger partial charge < -0.3 is 9.72 Å². The molecule has 0 aliphatic carbocycles. The summed E-state index contributed by atoms with van der Waals surface area (Å²) < 4.78 is 6.47. The number of aryl methyl sites for hydroxylation is 1. The Hall–Kier alpha value is -2.16. The van der Waals surface area contributed by atoms with E-state index in [2.05, 4.69) is 20.5 Å². The van der Waals surface area contributed by atoms with Crippen LogP contribution in [0.5, 0.6) is 0 Å². The van der Waals surface area contributed by atoms with Crippen molar-refractivity contribution in [3.8, 4) is 0 Å². The number of carbonyl (C=O) groups is 2. The van der Waals surface area contributed by atoms with E-state index >= 15 is 0 Å². The van der Waals surface area contributed by atoms with E-state index in [-0.39, 0.29) is 11.3 Å². The molecule has 0 aliphatic heterocycles. The summed E-state index contributed by atoms with van der Waals surface area (Å²) in [5.41, 5.74) is 1.74. The number of aromatic amines is 1. The van der Waals surface area contributed by atoms with E-state index in [1.807, 2.05) is 20.8 Å². The molecule has 2 heterocycles. The Morgan fingerprint density at radius 3 is 2.48 bits per heavy atom. The van der Waals surface area contributed by atoms with Crippen LogP contribution in [-0.2, 0) is 10.3 Å². The molecule has 2 aromatic rings. The first-order valence-corrected chi connectivity index (χ1v) is 8.73. The Labute approximate surface area is 150 Å². The normalized spacial score (nSPS) is 12.9. The zero-order chi connectivity index (χ0) is 18.9. The van der Waals surface area contributed by atoms with Crippen LogP contribution in [0, 0.1) is 13.8 Å². The van der Waals surface area contributed by atoms with Crippen LogP contribution in [0.25, 0.3) is 0 Å². The van der Waals surface area contributed by atoms with Crippen LogP contribution >= 0.6 is 11.8 Å². The third kappa shape index (κ3) is 3.76. The number of ether oxygens (including phenoxy) is 1. The fourth-order valence-electron chi connectivity index (χ4n) is 2.49. The number of esters is 1. The molecule has 0 saturated carbocycles. The minimum atomic E-state index is -0.456. The summed E-state index contributed by atoms with van der Waals surface area (Å²) in [5, 5.41) is 11.9. The number of tetrazole rings is 1. The molecule has 2 rings (SSSR count). The highest BCUT2D eigenvalue weighted by Gasteiger charge is 2.28. The molecule has 0 aromatic carbocycles. The van der Waals surface area contributed by atoms with Gasteiger partial charge in [-0.05, 0) is 57.5 Å². The van der Waals surface area contributed by atoms with Crippen LogP contribution in [0.15, 0.2) is 5.16 Å². The lowest BCUT2D eigenvalue weighted by atomic mass is 10.1. The number of aromatic nitrogens is 5. The van der Waals surface area contributed by atoms with Crippen molar-refractivity contribution in [2.24, 2.45) is 0 Å². The van der Waals surface area contributed by atoms with Gasteiger partial charge in [0.05, 0.1) is 29.2 Å².